The highest BCUT2D eigenvalue weighted by Crippen LogP contribution is 2.32. The van der Waals surface area contributed by atoms with Gasteiger partial charge in [0.1, 0.15) is 0 Å². The number of hydrogen-bond acceptors (Lipinski definition) is 4. The first-order chi connectivity index (χ1) is 9.99. The third kappa shape index (κ3) is 4.90. The van der Waals surface area contributed by atoms with Crippen molar-refractivity contribution in [1.82, 2.24) is 5.32 Å². The number of para-hydroxylation sites is 1. The van der Waals surface area contributed by atoms with Crippen molar-refractivity contribution in [1.29, 1.82) is 0 Å². The monoisotopic (exact) mass is 293 g/mol. The van der Waals surface area contributed by atoms with Crippen LogP contribution in [-0.2, 0) is 11.3 Å². The van der Waals surface area contributed by atoms with Crippen molar-refractivity contribution >= 4 is 0 Å². The van der Waals surface area contributed by atoms with E-state index in [1.807, 2.05) is 12.1 Å². The molecule has 2 rings (SSSR count). The molecule has 4 heteroatoms. The van der Waals surface area contributed by atoms with Crippen molar-refractivity contribution in [2.45, 2.75) is 39.3 Å². The van der Waals surface area contributed by atoms with E-state index in [1.165, 1.54) is 0 Å². The number of nitrogens with one attached hydrogen (secondary N) is 1. The van der Waals surface area contributed by atoms with Crippen molar-refractivity contribution in [2.75, 3.05) is 26.9 Å². The van der Waals surface area contributed by atoms with Crippen LogP contribution in [0.5, 0.6) is 11.5 Å². The minimum absolute atomic E-state index is 0.0691. The summed E-state index contributed by atoms with van der Waals surface area (Å²) in [5.41, 5.74) is 1.20. The molecule has 0 amide bonds. The molecule has 1 fully saturated rings. The largest absolute Gasteiger partial charge is 0.493 e. The molecule has 0 bridgehead atoms. The second kappa shape index (κ2) is 7.14. The average molecular weight is 293 g/mol. The third-order valence-corrected chi connectivity index (χ3v) is 3.58. The Morgan fingerprint density at radius 1 is 1.33 bits per heavy atom. The summed E-state index contributed by atoms with van der Waals surface area (Å²) in [6.45, 7) is 9.56. The Morgan fingerprint density at radius 2 is 2.14 bits per heavy atom. The molecule has 0 aromatic heterocycles. The van der Waals surface area contributed by atoms with Crippen LogP contribution in [0.3, 0.4) is 0 Å². The Bertz CT molecular complexity index is 448. The first-order valence-electron chi connectivity index (χ1n) is 7.61. The van der Waals surface area contributed by atoms with Crippen molar-refractivity contribution in [3.63, 3.8) is 0 Å². The maximum atomic E-state index is 6.06. The highest BCUT2D eigenvalue weighted by atomic mass is 16.5. The Balaban J connectivity index is 2.07. The lowest BCUT2D eigenvalue weighted by Gasteiger charge is -2.23. The molecule has 0 spiro atoms. The second-order valence-electron chi connectivity index (χ2n) is 6.59. The molecule has 1 aromatic rings. The minimum atomic E-state index is 0.0691. The quantitative estimate of drug-likeness (QED) is 0.875. The van der Waals surface area contributed by atoms with E-state index >= 15 is 0 Å². The van der Waals surface area contributed by atoms with Crippen LogP contribution in [0.15, 0.2) is 18.2 Å². The van der Waals surface area contributed by atoms with Crippen LogP contribution in [0.2, 0.25) is 0 Å². The normalized spacial score (nSPS) is 18.8. The molecule has 1 N–H and O–H groups in total. The van der Waals surface area contributed by atoms with E-state index in [9.17, 15) is 0 Å². The number of benzene rings is 1. The van der Waals surface area contributed by atoms with E-state index in [2.05, 4.69) is 32.2 Å². The molecule has 1 aromatic carbocycles. The molecule has 1 heterocycles. The Kier molecular flexibility index (Phi) is 5.48. The third-order valence-electron chi connectivity index (χ3n) is 3.58. The summed E-state index contributed by atoms with van der Waals surface area (Å²) in [5.74, 6) is 2.13. The van der Waals surface area contributed by atoms with Crippen LogP contribution in [0.1, 0.15) is 32.8 Å². The van der Waals surface area contributed by atoms with Crippen LogP contribution in [0, 0.1) is 5.92 Å². The summed E-state index contributed by atoms with van der Waals surface area (Å²) in [7, 11) is 1.68. The summed E-state index contributed by atoms with van der Waals surface area (Å²) < 4.78 is 16.9. The molecular formula is C17H27NO3. The number of methoxy groups -OCH3 is 1. The molecule has 1 unspecified atom stereocenters. The van der Waals surface area contributed by atoms with E-state index in [0.717, 1.165) is 43.2 Å². The lowest BCUT2D eigenvalue weighted by molar-refractivity contribution is 0.165. The number of ether oxygens (including phenoxy) is 3. The molecule has 0 radical (unpaired) electrons. The van der Waals surface area contributed by atoms with Crippen LogP contribution in [0.25, 0.3) is 0 Å². The SMILES string of the molecule is COc1cccc(CNC(C)(C)C)c1OCC1CCOC1. The zero-order valence-corrected chi connectivity index (χ0v) is 13.6. The van der Waals surface area contributed by atoms with E-state index in [4.69, 9.17) is 14.2 Å². The fourth-order valence-electron chi connectivity index (χ4n) is 2.30. The van der Waals surface area contributed by atoms with Crippen LogP contribution in [0.4, 0.5) is 0 Å². The van der Waals surface area contributed by atoms with Gasteiger partial charge < -0.3 is 19.5 Å². The summed E-state index contributed by atoms with van der Waals surface area (Å²) in [5, 5.41) is 3.50. The molecule has 21 heavy (non-hydrogen) atoms. The van der Waals surface area contributed by atoms with Crippen molar-refractivity contribution in [3.8, 4) is 11.5 Å². The molecule has 1 aliphatic rings. The van der Waals surface area contributed by atoms with Gasteiger partial charge in [0.25, 0.3) is 0 Å². The maximum Gasteiger partial charge on any atom is 0.165 e. The van der Waals surface area contributed by atoms with Gasteiger partial charge >= 0.3 is 0 Å². The molecule has 0 aliphatic carbocycles. The Hall–Kier alpha value is -1.26. The Morgan fingerprint density at radius 3 is 2.76 bits per heavy atom. The fraction of sp³-hybridized carbons (Fsp3) is 0.647. The van der Waals surface area contributed by atoms with Gasteiger partial charge in [0.15, 0.2) is 11.5 Å². The van der Waals surface area contributed by atoms with Crippen molar-refractivity contribution in [2.24, 2.45) is 5.92 Å². The van der Waals surface area contributed by atoms with Gasteiger partial charge in [-0.1, -0.05) is 12.1 Å². The minimum Gasteiger partial charge on any atom is -0.493 e. The van der Waals surface area contributed by atoms with E-state index in [-0.39, 0.29) is 5.54 Å². The zero-order chi connectivity index (χ0) is 15.3. The zero-order valence-electron chi connectivity index (χ0n) is 13.6. The van der Waals surface area contributed by atoms with Gasteiger partial charge in [0, 0.05) is 30.2 Å². The smallest absolute Gasteiger partial charge is 0.165 e. The molecule has 118 valence electrons. The van der Waals surface area contributed by atoms with E-state index in [1.54, 1.807) is 7.11 Å². The average Bonchev–Trinajstić information content (AvgIpc) is 2.95. The molecular weight excluding hydrogens is 266 g/mol. The lowest BCUT2D eigenvalue weighted by Crippen LogP contribution is -2.35. The van der Waals surface area contributed by atoms with Gasteiger partial charge in [-0.05, 0) is 33.3 Å². The summed E-state index contributed by atoms with van der Waals surface area (Å²) >= 11 is 0. The summed E-state index contributed by atoms with van der Waals surface area (Å²) in [6, 6.07) is 6.03. The first kappa shape index (κ1) is 16.1. The predicted octanol–water partition coefficient (Wildman–Crippen LogP) is 3.00. The topological polar surface area (TPSA) is 39.7 Å². The van der Waals surface area contributed by atoms with E-state index in [0.29, 0.717) is 12.5 Å². The van der Waals surface area contributed by atoms with E-state index < -0.39 is 0 Å². The molecule has 0 saturated carbocycles. The van der Waals surface area contributed by atoms with Crippen molar-refractivity contribution < 1.29 is 14.2 Å². The Labute approximate surface area is 127 Å². The van der Waals surface area contributed by atoms with Gasteiger partial charge in [-0.3, -0.25) is 0 Å². The van der Waals surface area contributed by atoms with Crippen LogP contribution >= 0.6 is 0 Å². The highest BCUT2D eigenvalue weighted by Gasteiger charge is 2.19. The fourth-order valence-corrected chi connectivity index (χ4v) is 2.30. The van der Waals surface area contributed by atoms with Crippen LogP contribution in [-0.4, -0.2) is 32.5 Å². The summed E-state index contributed by atoms with van der Waals surface area (Å²) in [4.78, 5) is 0. The summed E-state index contributed by atoms with van der Waals surface area (Å²) in [6.07, 6.45) is 1.07. The second-order valence-corrected chi connectivity index (χ2v) is 6.59. The van der Waals surface area contributed by atoms with Gasteiger partial charge in [0.05, 0.1) is 20.3 Å². The molecule has 4 nitrogen and oxygen atoms in total. The van der Waals surface area contributed by atoms with Crippen molar-refractivity contribution in [3.05, 3.63) is 23.8 Å². The highest BCUT2D eigenvalue weighted by molar-refractivity contribution is 5.46. The molecule has 1 atom stereocenters. The predicted molar refractivity (Wildman–Crippen MR) is 84.0 cm³/mol. The molecule has 1 saturated heterocycles. The lowest BCUT2D eigenvalue weighted by atomic mass is 10.1. The number of hydrogen-bond donors (Lipinski definition) is 1. The standard InChI is InChI=1S/C17H27NO3/c1-17(2,3)18-10-14-6-5-7-15(19-4)16(14)21-12-13-8-9-20-11-13/h5-7,13,18H,8-12H2,1-4H3. The maximum absolute atomic E-state index is 6.06. The van der Waals surface area contributed by atoms with Gasteiger partial charge in [-0.15, -0.1) is 0 Å². The van der Waals surface area contributed by atoms with Gasteiger partial charge in [-0.2, -0.15) is 0 Å². The molecule has 1 aliphatic heterocycles. The van der Waals surface area contributed by atoms with Gasteiger partial charge in [0.2, 0.25) is 0 Å². The first-order valence-corrected chi connectivity index (χ1v) is 7.61. The van der Waals surface area contributed by atoms with Crippen LogP contribution < -0.4 is 14.8 Å². The number of rotatable bonds is 6. The van der Waals surface area contributed by atoms with Gasteiger partial charge in [-0.25, -0.2) is 0 Å².